The maximum Gasteiger partial charge on any atom is 0.334 e. The second kappa shape index (κ2) is 4.84. The lowest BCUT2D eigenvalue weighted by Gasteiger charge is -2.14. The second-order valence-corrected chi connectivity index (χ2v) is 3.10. The summed E-state index contributed by atoms with van der Waals surface area (Å²) in [7, 11) is 0. The van der Waals surface area contributed by atoms with Gasteiger partial charge in [-0.3, -0.25) is 14.9 Å². The summed E-state index contributed by atoms with van der Waals surface area (Å²) >= 11 is 0. The van der Waals surface area contributed by atoms with Crippen LogP contribution in [0.3, 0.4) is 0 Å². The molecule has 0 bridgehead atoms. The molecule has 1 aromatic heterocycles. The summed E-state index contributed by atoms with van der Waals surface area (Å²) in [5.41, 5.74) is -1.69. The van der Waals surface area contributed by atoms with Gasteiger partial charge in [0.15, 0.2) is 0 Å². The Morgan fingerprint density at radius 2 is 2.12 bits per heavy atom. The van der Waals surface area contributed by atoms with E-state index in [0.717, 1.165) is 12.3 Å². The van der Waals surface area contributed by atoms with E-state index >= 15 is 0 Å². The first-order valence-corrected chi connectivity index (χ1v) is 4.31. The Balaban J connectivity index is 3.12. The Hall–Kier alpha value is -1.77. The van der Waals surface area contributed by atoms with Crippen LogP contribution < -0.4 is 5.56 Å². The van der Waals surface area contributed by atoms with Crippen LogP contribution in [-0.2, 0) is 0 Å². The van der Waals surface area contributed by atoms with Crippen molar-refractivity contribution in [2.45, 2.75) is 12.2 Å². The normalized spacial score (nSPS) is 14.4. The minimum atomic E-state index is -1.50. The first-order valence-electron chi connectivity index (χ1n) is 4.31. The number of hydrogen-bond acceptors (Lipinski definition) is 6. The molecule has 0 radical (unpaired) electrons. The largest absolute Gasteiger partial charge is 0.394 e. The SMILES string of the molecule is O=c1[nH]cc(C(O)C(O)CO)cc1[N+](=O)[O-]. The van der Waals surface area contributed by atoms with E-state index in [4.69, 9.17) is 10.2 Å². The van der Waals surface area contributed by atoms with Gasteiger partial charge in [-0.2, -0.15) is 0 Å². The van der Waals surface area contributed by atoms with E-state index in [1.165, 1.54) is 0 Å². The molecule has 88 valence electrons. The molecule has 0 fully saturated rings. The Morgan fingerprint density at radius 3 is 2.62 bits per heavy atom. The fourth-order valence-corrected chi connectivity index (χ4v) is 1.12. The Morgan fingerprint density at radius 1 is 1.50 bits per heavy atom. The molecule has 8 heteroatoms. The van der Waals surface area contributed by atoms with E-state index in [0.29, 0.717) is 0 Å². The van der Waals surface area contributed by atoms with Gasteiger partial charge < -0.3 is 20.3 Å². The predicted octanol–water partition coefficient (Wildman–Crippen LogP) is -1.33. The number of nitro groups is 1. The van der Waals surface area contributed by atoms with Gasteiger partial charge in [0.05, 0.1) is 11.5 Å². The van der Waals surface area contributed by atoms with Gasteiger partial charge in [0.2, 0.25) is 0 Å². The molecule has 0 amide bonds. The van der Waals surface area contributed by atoms with Crippen LogP contribution >= 0.6 is 0 Å². The van der Waals surface area contributed by atoms with Gasteiger partial charge in [-0.1, -0.05) is 0 Å². The predicted molar refractivity (Wildman–Crippen MR) is 51.8 cm³/mol. The summed E-state index contributed by atoms with van der Waals surface area (Å²) in [6.45, 7) is -0.700. The van der Waals surface area contributed by atoms with Crippen molar-refractivity contribution in [1.82, 2.24) is 4.98 Å². The van der Waals surface area contributed by atoms with Crippen LogP contribution in [-0.4, -0.2) is 37.9 Å². The summed E-state index contributed by atoms with van der Waals surface area (Å²) in [4.78, 5) is 22.6. The third kappa shape index (κ3) is 2.42. The number of nitrogens with zero attached hydrogens (tertiary/aromatic N) is 1. The van der Waals surface area contributed by atoms with Crippen LogP contribution in [0.15, 0.2) is 17.1 Å². The van der Waals surface area contributed by atoms with Crippen molar-refractivity contribution in [1.29, 1.82) is 0 Å². The smallest absolute Gasteiger partial charge is 0.334 e. The molecule has 0 aliphatic rings. The van der Waals surface area contributed by atoms with E-state index in [1.807, 2.05) is 0 Å². The molecule has 1 rings (SSSR count). The maximum absolute atomic E-state index is 11.0. The molecule has 2 atom stereocenters. The Bertz CT molecular complexity index is 442. The van der Waals surface area contributed by atoms with Crippen molar-refractivity contribution >= 4 is 5.69 Å². The molecular formula is C8H10N2O6. The number of pyridine rings is 1. The van der Waals surface area contributed by atoms with Gasteiger partial charge >= 0.3 is 11.2 Å². The standard InChI is InChI=1S/C8H10N2O6/c11-3-6(12)7(13)4-1-5(10(15)16)8(14)9-2-4/h1-2,6-7,11-13H,3H2,(H,9,14). The first-order chi connectivity index (χ1) is 7.47. The van der Waals surface area contributed by atoms with E-state index in [2.05, 4.69) is 4.98 Å². The highest BCUT2D eigenvalue weighted by atomic mass is 16.6. The van der Waals surface area contributed by atoms with E-state index in [1.54, 1.807) is 0 Å². The van der Waals surface area contributed by atoms with E-state index in [-0.39, 0.29) is 5.56 Å². The summed E-state index contributed by atoms with van der Waals surface area (Å²) in [5.74, 6) is 0. The summed E-state index contributed by atoms with van der Waals surface area (Å²) < 4.78 is 0. The lowest BCUT2D eigenvalue weighted by atomic mass is 10.1. The zero-order chi connectivity index (χ0) is 12.3. The summed E-state index contributed by atoms with van der Waals surface area (Å²) in [6.07, 6.45) is -1.93. The van der Waals surface area contributed by atoms with Gasteiger partial charge in [0.1, 0.15) is 12.2 Å². The van der Waals surface area contributed by atoms with Crippen molar-refractivity contribution in [2.24, 2.45) is 0 Å². The van der Waals surface area contributed by atoms with Crippen molar-refractivity contribution in [3.8, 4) is 0 Å². The number of rotatable bonds is 4. The molecule has 1 heterocycles. The fraction of sp³-hybridized carbons (Fsp3) is 0.375. The van der Waals surface area contributed by atoms with Gasteiger partial charge in [-0.15, -0.1) is 0 Å². The number of aromatic nitrogens is 1. The molecule has 4 N–H and O–H groups in total. The first kappa shape index (κ1) is 12.3. The molecule has 1 aromatic rings. The van der Waals surface area contributed by atoms with Crippen LogP contribution in [0.1, 0.15) is 11.7 Å². The molecule has 8 nitrogen and oxygen atoms in total. The Labute approximate surface area is 88.9 Å². The number of H-pyrrole nitrogens is 1. The topological polar surface area (TPSA) is 137 Å². The highest BCUT2D eigenvalue weighted by Gasteiger charge is 2.21. The molecule has 0 saturated heterocycles. The zero-order valence-corrected chi connectivity index (χ0v) is 8.03. The number of nitrogens with one attached hydrogen (secondary N) is 1. The van der Waals surface area contributed by atoms with Gasteiger partial charge in [-0.25, -0.2) is 0 Å². The summed E-state index contributed by atoms with van der Waals surface area (Å²) in [5, 5.41) is 37.6. The van der Waals surface area contributed by atoms with Crippen molar-refractivity contribution < 1.29 is 20.2 Å². The highest BCUT2D eigenvalue weighted by Crippen LogP contribution is 2.17. The lowest BCUT2D eigenvalue weighted by Crippen LogP contribution is -2.23. The van der Waals surface area contributed by atoms with Gasteiger partial charge in [0.25, 0.3) is 0 Å². The van der Waals surface area contributed by atoms with Crippen LogP contribution in [0, 0.1) is 10.1 Å². The molecule has 0 spiro atoms. The monoisotopic (exact) mass is 230 g/mol. The second-order valence-electron chi connectivity index (χ2n) is 3.10. The number of aliphatic hydroxyl groups is 3. The Kier molecular flexibility index (Phi) is 3.72. The van der Waals surface area contributed by atoms with Gasteiger partial charge in [-0.05, 0) is 0 Å². The highest BCUT2D eigenvalue weighted by molar-refractivity contribution is 5.31. The van der Waals surface area contributed by atoms with Crippen LogP contribution in [0.4, 0.5) is 5.69 Å². The molecular weight excluding hydrogens is 220 g/mol. The van der Waals surface area contributed by atoms with Crippen molar-refractivity contribution in [2.75, 3.05) is 6.61 Å². The van der Waals surface area contributed by atoms with Gasteiger partial charge in [0, 0.05) is 17.8 Å². The minimum Gasteiger partial charge on any atom is -0.394 e. The average Bonchev–Trinajstić information content (AvgIpc) is 2.27. The van der Waals surface area contributed by atoms with Crippen molar-refractivity contribution in [3.05, 3.63) is 38.3 Å². The zero-order valence-electron chi connectivity index (χ0n) is 8.03. The van der Waals surface area contributed by atoms with Crippen LogP contribution in [0.2, 0.25) is 0 Å². The van der Waals surface area contributed by atoms with Crippen LogP contribution in [0.5, 0.6) is 0 Å². The number of aromatic amines is 1. The fourth-order valence-electron chi connectivity index (χ4n) is 1.12. The minimum absolute atomic E-state index is 0.0483. The molecule has 0 aliphatic carbocycles. The lowest BCUT2D eigenvalue weighted by molar-refractivity contribution is -0.386. The third-order valence-corrected chi connectivity index (χ3v) is 2.00. The van der Waals surface area contributed by atoms with Crippen molar-refractivity contribution in [3.63, 3.8) is 0 Å². The summed E-state index contributed by atoms with van der Waals surface area (Å²) in [6, 6.07) is 0.850. The quantitative estimate of drug-likeness (QED) is 0.373. The average molecular weight is 230 g/mol. The maximum atomic E-state index is 11.0. The molecule has 2 unspecified atom stereocenters. The number of hydrogen-bond donors (Lipinski definition) is 4. The molecule has 16 heavy (non-hydrogen) atoms. The molecule has 0 aromatic carbocycles. The third-order valence-electron chi connectivity index (χ3n) is 2.00. The molecule has 0 aliphatic heterocycles. The van der Waals surface area contributed by atoms with E-state index in [9.17, 15) is 20.0 Å². The molecule has 0 saturated carbocycles. The van der Waals surface area contributed by atoms with Crippen LogP contribution in [0.25, 0.3) is 0 Å². The van der Waals surface area contributed by atoms with E-state index < -0.39 is 35.0 Å². The number of aliphatic hydroxyl groups excluding tert-OH is 3.